The van der Waals surface area contributed by atoms with Crippen LogP contribution in [0.4, 0.5) is 4.79 Å². The summed E-state index contributed by atoms with van der Waals surface area (Å²) < 4.78 is 5.32. The fourth-order valence-corrected chi connectivity index (χ4v) is 2.49. The number of likely N-dealkylation sites (N-methyl/N-ethyl adjacent to an activating group) is 1. The van der Waals surface area contributed by atoms with E-state index in [2.05, 4.69) is 0 Å². The summed E-state index contributed by atoms with van der Waals surface area (Å²) in [4.78, 5) is 26.9. The van der Waals surface area contributed by atoms with Gasteiger partial charge in [0.1, 0.15) is 6.73 Å². The molecule has 0 N–H and O–H groups in total. The zero-order valence-corrected chi connectivity index (χ0v) is 9.42. The maximum atomic E-state index is 12.3. The quantitative estimate of drug-likeness (QED) is 0.672. The van der Waals surface area contributed by atoms with E-state index in [1.54, 1.807) is 0 Å². The number of carbonyl (C=O) groups excluding carboxylic acids is 2. The van der Waals surface area contributed by atoms with Crippen LogP contribution in [0.2, 0.25) is 0 Å². The summed E-state index contributed by atoms with van der Waals surface area (Å²) in [6.45, 7) is 0.399. The van der Waals surface area contributed by atoms with Gasteiger partial charge in [0.25, 0.3) is 5.91 Å². The molecule has 0 unspecified atom stereocenters. The third-order valence-electron chi connectivity index (χ3n) is 3.42. The van der Waals surface area contributed by atoms with Gasteiger partial charge in [0, 0.05) is 7.05 Å². The molecule has 1 aromatic carbocycles. The Labute approximate surface area is 98.6 Å². The second-order valence-electron chi connectivity index (χ2n) is 4.28. The zero-order valence-electron chi connectivity index (χ0n) is 9.42. The molecule has 0 bridgehead atoms. The Bertz CT molecular complexity index is 488. The van der Waals surface area contributed by atoms with Gasteiger partial charge in [-0.2, -0.15) is 0 Å². The van der Waals surface area contributed by atoms with E-state index in [9.17, 15) is 9.59 Å². The Balaban J connectivity index is 2.17. The zero-order chi connectivity index (χ0) is 12.0. The summed E-state index contributed by atoms with van der Waals surface area (Å²) in [6.07, 6.45) is 0. The van der Waals surface area contributed by atoms with Crippen LogP contribution in [0.1, 0.15) is 5.56 Å². The van der Waals surface area contributed by atoms with Crippen molar-refractivity contribution in [2.75, 3.05) is 20.4 Å². The average Bonchev–Trinajstić information content (AvgIpc) is 2.88. The van der Waals surface area contributed by atoms with Crippen molar-refractivity contribution >= 4 is 11.9 Å². The second-order valence-corrected chi connectivity index (χ2v) is 4.28. The molecular formula is C12H12N2O3. The van der Waals surface area contributed by atoms with Gasteiger partial charge in [-0.05, 0) is 5.56 Å². The number of fused-ring (bicyclic) bond motifs is 1. The topological polar surface area (TPSA) is 49.9 Å². The molecule has 2 aliphatic rings. The predicted octanol–water partition coefficient (Wildman–Crippen LogP) is 0.764. The van der Waals surface area contributed by atoms with Crippen molar-refractivity contribution in [1.29, 1.82) is 0 Å². The lowest BCUT2D eigenvalue weighted by Gasteiger charge is -2.26. The van der Waals surface area contributed by atoms with Gasteiger partial charge in [-0.15, -0.1) is 0 Å². The highest BCUT2D eigenvalue weighted by Gasteiger charge is 2.60. The molecule has 88 valence electrons. The molecule has 0 saturated carbocycles. The minimum Gasteiger partial charge on any atom is -0.358 e. The van der Waals surface area contributed by atoms with Crippen LogP contribution in [-0.4, -0.2) is 42.1 Å². The Kier molecular flexibility index (Phi) is 2.00. The van der Waals surface area contributed by atoms with Crippen molar-refractivity contribution in [3.63, 3.8) is 0 Å². The molecule has 2 fully saturated rings. The van der Waals surface area contributed by atoms with E-state index in [0.29, 0.717) is 0 Å². The summed E-state index contributed by atoms with van der Waals surface area (Å²) in [5, 5.41) is 0. The van der Waals surface area contributed by atoms with E-state index in [4.69, 9.17) is 4.74 Å². The van der Waals surface area contributed by atoms with Crippen LogP contribution in [0.25, 0.3) is 0 Å². The smallest absolute Gasteiger partial charge is 0.329 e. The van der Waals surface area contributed by atoms with Crippen LogP contribution < -0.4 is 0 Å². The van der Waals surface area contributed by atoms with Gasteiger partial charge < -0.3 is 4.74 Å². The number of rotatable bonds is 1. The molecule has 0 aliphatic carbocycles. The van der Waals surface area contributed by atoms with Crippen LogP contribution in [0.5, 0.6) is 0 Å². The molecule has 0 spiro atoms. The molecule has 5 nitrogen and oxygen atoms in total. The molecule has 2 saturated heterocycles. The van der Waals surface area contributed by atoms with Crippen molar-refractivity contribution in [2.45, 2.75) is 5.54 Å². The van der Waals surface area contributed by atoms with Gasteiger partial charge >= 0.3 is 6.03 Å². The van der Waals surface area contributed by atoms with Crippen LogP contribution in [0, 0.1) is 0 Å². The number of urea groups is 1. The lowest BCUT2D eigenvalue weighted by molar-refractivity contribution is -0.132. The first-order chi connectivity index (χ1) is 8.18. The third kappa shape index (κ3) is 1.12. The first-order valence-corrected chi connectivity index (χ1v) is 5.41. The van der Waals surface area contributed by atoms with Crippen LogP contribution in [0.15, 0.2) is 30.3 Å². The fraction of sp³-hybridized carbons (Fsp3) is 0.333. The molecule has 2 aliphatic heterocycles. The second kappa shape index (κ2) is 3.30. The van der Waals surface area contributed by atoms with Crippen molar-refractivity contribution < 1.29 is 14.3 Å². The van der Waals surface area contributed by atoms with Gasteiger partial charge in [0.05, 0.1) is 6.61 Å². The number of hydrogen-bond acceptors (Lipinski definition) is 3. The number of benzene rings is 1. The van der Waals surface area contributed by atoms with Gasteiger partial charge in [0.15, 0.2) is 5.54 Å². The highest BCUT2D eigenvalue weighted by Crippen LogP contribution is 2.40. The third-order valence-corrected chi connectivity index (χ3v) is 3.42. The molecule has 0 radical (unpaired) electrons. The van der Waals surface area contributed by atoms with E-state index in [0.717, 1.165) is 10.5 Å². The molecule has 5 heteroatoms. The predicted molar refractivity (Wildman–Crippen MR) is 58.9 cm³/mol. The summed E-state index contributed by atoms with van der Waals surface area (Å²) in [5.74, 6) is -0.216. The SMILES string of the molecule is CN1C(=O)N2COC[C@@]2(c2ccccc2)C1=O. The van der Waals surface area contributed by atoms with Gasteiger partial charge in [-0.3, -0.25) is 14.6 Å². The molecule has 3 amide bonds. The van der Waals surface area contributed by atoms with Gasteiger partial charge in [0.2, 0.25) is 0 Å². The van der Waals surface area contributed by atoms with Crippen molar-refractivity contribution in [3.05, 3.63) is 35.9 Å². The lowest BCUT2D eigenvalue weighted by atomic mass is 9.90. The Hall–Kier alpha value is -1.88. The number of ether oxygens (including phenoxy) is 1. The van der Waals surface area contributed by atoms with E-state index in [1.165, 1.54) is 11.9 Å². The Morgan fingerprint density at radius 1 is 1.24 bits per heavy atom. The van der Waals surface area contributed by atoms with Gasteiger partial charge in [-0.1, -0.05) is 30.3 Å². The summed E-state index contributed by atoms with van der Waals surface area (Å²) in [6, 6.07) is 9.01. The summed E-state index contributed by atoms with van der Waals surface area (Å²) in [5.41, 5.74) is -0.146. The Morgan fingerprint density at radius 2 is 1.94 bits per heavy atom. The highest BCUT2D eigenvalue weighted by molar-refractivity contribution is 6.07. The highest BCUT2D eigenvalue weighted by atomic mass is 16.5. The number of hydrogen-bond donors (Lipinski definition) is 0. The first kappa shape index (κ1) is 10.3. The molecule has 1 atom stereocenters. The maximum absolute atomic E-state index is 12.3. The minimum absolute atomic E-state index is 0.170. The molecular weight excluding hydrogens is 220 g/mol. The minimum atomic E-state index is -0.951. The van der Waals surface area contributed by atoms with E-state index >= 15 is 0 Å². The number of amides is 3. The molecule has 2 heterocycles. The number of carbonyl (C=O) groups is 2. The van der Waals surface area contributed by atoms with Gasteiger partial charge in [-0.25, -0.2) is 4.79 Å². The monoisotopic (exact) mass is 232 g/mol. The van der Waals surface area contributed by atoms with Crippen LogP contribution >= 0.6 is 0 Å². The average molecular weight is 232 g/mol. The fourth-order valence-electron chi connectivity index (χ4n) is 2.49. The molecule has 3 rings (SSSR count). The normalized spacial score (nSPS) is 27.8. The number of imide groups is 1. The standard InChI is InChI=1S/C12H12N2O3/c1-13-10(15)12(9-5-3-2-4-6-9)7-17-8-14(12)11(13)16/h2-6H,7-8H2,1H3/t12-/m1/s1. The number of nitrogens with zero attached hydrogens (tertiary/aromatic N) is 2. The molecule has 1 aromatic rings. The van der Waals surface area contributed by atoms with Crippen LogP contribution in [0.3, 0.4) is 0 Å². The van der Waals surface area contributed by atoms with Crippen molar-refractivity contribution in [1.82, 2.24) is 9.80 Å². The molecule has 17 heavy (non-hydrogen) atoms. The van der Waals surface area contributed by atoms with Crippen LogP contribution in [-0.2, 0) is 15.1 Å². The Morgan fingerprint density at radius 3 is 2.65 bits per heavy atom. The largest absolute Gasteiger partial charge is 0.358 e. The first-order valence-electron chi connectivity index (χ1n) is 5.41. The van der Waals surface area contributed by atoms with E-state index in [1.807, 2.05) is 30.3 Å². The van der Waals surface area contributed by atoms with E-state index < -0.39 is 5.54 Å². The van der Waals surface area contributed by atoms with Crippen molar-refractivity contribution in [3.8, 4) is 0 Å². The molecule has 0 aromatic heterocycles. The maximum Gasteiger partial charge on any atom is 0.329 e. The lowest BCUT2D eigenvalue weighted by Crippen LogP contribution is -2.44. The van der Waals surface area contributed by atoms with Crippen molar-refractivity contribution in [2.24, 2.45) is 0 Å². The summed E-state index contributed by atoms with van der Waals surface area (Å²) in [7, 11) is 1.51. The van der Waals surface area contributed by atoms with E-state index in [-0.39, 0.29) is 25.3 Å². The summed E-state index contributed by atoms with van der Waals surface area (Å²) >= 11 is 0.